The van der Waals surface area contributed by atoms with Crippen LogP contribution in [0, 0.1) is 5.92 Å². The molecule has 0 aromatic carbocycles. The van der Waals surface area contributed by atoms with Gasteiger partial charge in [-0.25, -0.2) is 9.13 Å². The van der Waals surface area contributed by atoms with E-state index in [0.717, 1.165) is 63.7 Å². The molecule has 0 aromatic rings. The van der Waals surface area contributed by atoms with Crippen molar-refractivity contribution >= 4 is 27.6 Å². The van der Waals surface area contributed by atoms with Crippen molar-refractivity contribution in [1.82, 2.24) is 0 Å². The van der Waals surface area contributed by atoms with E-state index >= 15 is 0 Å². The second-order valence-electron chi connectivity index (χ2n) is 14.9. The summed E-state index contributed by atoms with van der Waals surface area (Å²) in [5.41, 5.74) is 0. The largest absolute Gasteiger partial charge is 0.472 e. The molecule has 0 aromatic heterocycles. The van der Waals surface area contributed by atoms with Crippen molar-refractivity contribution in [2.24, 2.45) is 5.92 Å². The molecule has 0 spiro atoms. The molecule has 0 bridgehead atoms. The molecule has 16 heteroatoms. The second kappa shape index (κ2) is 34.4. The molecule has 1 aliphatic rings. The summed E-state index contributed by atoms with van der Waals surface area (Å²) in [6.45, 7) is 3.83. The van der Waals surface area contributed by atoms with Crippen LogP contribution in [0.15, 0.2) is 60.8 Å². The number of rotatable bonds is 38. The van der Waals surface area contributed by atoms with Gasteiger partial charge >= 0.3 is 27.6 Å². The number of unbranched alkanes of at least 4 members (excludes halogenated alkanes) is 7. The van der Waals surface area contributed by atoms with E-state index in [1.54, 1.807) is 0 Å². The van der Waals surface area contributed by atoms with Crippen molar-refractivity contribution in [3.63, 3.8) is 0 Å². The maximum atomic E-state index is 12.6. The molecule has 1 saturated heterocycles. The van der Waals surface area contributed by atoms with Crippen LogP contribution in [0.25, 0.3) is 0 Å². The van der Waals surface area contributed by atoms with Gasteiger partial charge in [-0.15, -0.1) is 0 Å². The van der Waals surface area contributed by atoms with Crippen molar-refractivity contribution in [3.8, 4) is 0 Å². The van der Waals surface area contributed by atoms with Gasteiger partial charge in [-0.1, -0.05) is 139 Å². The standard InChI is InChI=1S/C43H74O14P2/c1-4-6-23-29-40-41(57-40)30-25-20-16-11-9-7-8-10-12-17-21-26-31-42(45)52-35-39(36-55-59(50,51)54-34-38(44)33-53-58(47,48)49)56-43(46)32-27-22-18-14-13-15-19-24-28-37(3)5-2/h6,8-11,17,20-21,23,25,37-41,44H,4-5,7,12-16,18-19,22,24,26-36H2,1-3H3,(H,50,51)(H2,47,48,49)/b10-8-,11-9-,21-17-,23-6-,25-20-/t37?,38-,39+,40?,41?/m0/s1. The lowest BCUT2D eigenvalue weighted by atomic mass is 9.99. The van der Waals surface area contributed by atoms with Crippen LogP contribution in [0.3, 0.4) is 0 Å². The minimum Gasteiger partial charge on any atom is -0.462 e. The number of epoxide rings is 1. The van der Waals surface area contributed by atoms with Crippen molar-refractivity contribution < 1.29 is 66.3 Å². The smallest absolute Gasteiger partial charge is 0.462 e. The molecule has 0 amide bonds. The maximum absolute atomic E-state index is 12.6. The van der Waals surface area contributed by atoms with Gasteiger partial charge in [-0.2, -0.15) is 0 Å². The molecular formula is C43H74O14P2. The molecular weight excluding hydrogens is 802 g/mol. The average molecular weight is 877 g/mol. The van der Waals surface area contributed by atoms with E-state index in [2.05, 4.69) is 72.4 Å². The molecule has 14 nitrogen and oxygen atoms in total. The van der Waals surface area contributed by atoms with Crippen LogP contribution in [0.2, 0.25) is 0 Å². The molecule has 1 heterocycles. The summed E-state index contributed by atoms with van der Waals surface area (Å²) >= 11 is 0. The number of phosphoric ester groups is 2. The zero-order chi connectivity index (χ0) is 43.6. The Balaban J connectivity index is 2.40. The topological polar surface area (TPSA) is 208 Å². The number of ether oxygens (including phenoxy) is 3. The lowest BCUT2D eigenvalue weighted by Gasteiger charge is -2.20. The van der Waals surface area contributed by atoms with E-state index in [0.29, 0.717) is 31.5 Å². The Labute approximate surface area is 353 Å². The molecule has 4 N–H and O–H groups in total. The number of aliphatic hydroxyl groups is 1. The first-order chi connectivity index (χ1) is 28.2. The predicted octanol–water partition coefficient (Wildman–Crippen LogP) is 9.68. The number of esters is 2. The third kappa shape index (κ3) is 35.1. The Morgan fingerprint density at radius 3 is 1.76 bits per heavy atom. The molecule has 1 fully saturated rings. The first kappa shape index (κ1) is 54.8. The number of aliphatic hydroxyl groups excluding tert-OH is 1. The summed E-state index contributed by atoms with van der Waals surface area (Å²) in [6, 6.07) is 0. The van der Waals surface area contributed by atoms with Gasteiger partial charge in [0.25, 0.3) is 0 Å². The summed E-state index contributed by atoms with van der Waals surface area (Å²) in [7, 11) is -9.70. The average Bonchev–Trinajstić information content (AvgIpc) is 3.95. The number of carbonyl (C=O) groups is 2. The van der Waals surface area contributed by atoms with Crippen LogP contribution < -0.4 is 0 Å². The van der Waals surface area contributed by atoms with Gasteiger partial charge in [-0.05, 0) is 57.3 Å². The van der Waals surface area contributed by atoms with Gasteiger partial charge in [0.2, 0.25) is 0 Å². The summed E-state index contributed by atoms with van der Waals surface area (Å²) in [4.78, 5) is 52.6. The Morgan fingerprint density at radius 2 is 1.17 bits per heavy atom. The fraction of sp³-hybridized carbons (Fsp3) is 0.721. The van der Waals surface area contributed by atoms with Crippen molar-refractivity contribution in [2.75, 3.05) is 26.4 Å². The Bertz CT molecular complexity index is 1360. The number of carbonyl (C=O) groups excluding carboxylic acids is 2. The minimum absolute atomic E-state index is 0.0649. The Morgan fingerprint density at radius 1 is 0.644 bits per heavy atom. The first-order valence-corrected chi connectivity index (χ1v) is 24.5. The highest BCUT2D eigenvalue weighted by Gasteiger charge is 2.36. The van der Waals surface area contributed by atoms with Crippen LogP contribution >= 0.6 is 15.6 Å². The molecule has 1 aliphatic heterocycles. The van der Waals surface area contributed by atoms with Crippen LogP contribution in [0.5, 0.6) is 0 Å². The zero-order valence-corrected chi connectivity index (χ0v) is 37.5. The summed E-state index contributed by atoms with van der Waals surface area (Å²) in [5, 5.41) is 9.74. The van der Waals surface area contributed by atoms with Crippen LogP contribution in [0.4, 0.5) is 0 Å². The minimum atomic E-state index is -4.87. The Kier molecular flexibility index (Phi) is 31.9. The molecule has 0 radical (unpaired) electrons. The first-order valence-electron chi connectivity index (χ1n) is 21.5. The zero-order valence-electron chi connectivity index (χ0n) is 35.7. The van der Waals surface area contributed by atoms with Crippen LogP contribution in [0.1, 0.15) is 143 Å². The molecule has 6 atom stereocenters. The highest BCUT2D eigenvalue weighted by atomic mass is 31.2. The fourth-order valence-corrected chi connectivity index (χ4v) is 6.78. The molecule has 340 valence electrons. The van der Waals surface area contributed by atoms with Crippen molar-refractivity contribution in [3.05, 3.63) is 60.8 Å². The fourth-order valence-electron chi connectivity index (χ4n) is 5.63. The van der Waals surface area contributed by atoms with Gasteiger partial charge in [0.1, 0.15) is 12.7 Å². The maximum Gasteiger partial charge on any atom is 0.472 e. The normalized spacial score (nSPS) is 18.6. The lowest BCUT2D eigenvalue weighted by molar-refractivity contribution is -0.161. The third-order valence-corrected chi connectivity index (χ3v) is 10.8. The van der Waals surface area contributed by atoms with E-state index in [1.165, 1.54) is 32.1 Å². The van der Waals surface area contributed by atoms with Gasteiger partial charge in [-0.3, -0.25) is 23.2 Å². The molecule has 59 heavy (non-hydrogen) atoms. The monoisotopic (exact) mass is 876 g/mol. The van der Waals surface area contributed by atoms with Gasteiger partial charge < -0.3 is 34.0 Å². The summed E-state index contributed by atoms with van der Waals surface area (Å²) in [6.07, 6.45) is 35.7. The van der Waals surface area contributed by atoms with E-state index in [4.69, 9.17) is 28.5 Å². The van der Waals surface area contributed by atoms with E-state index in [1.807, 2.05) is 18.2 Å². The second-order valence-corrected chi connectivity index (χ2v) is 17.6. The lowest BCUT2D eigenvalue weighted by Crippen LogP contribution is -2.29. The SMILES string of the molecule is CC/C=C\CC1OC1C/C=C\C/C=C\C/C=C\C/C=C\CCC(=O)OC[C@H](COP(=O)(O)OC[C@@H](O)COP(=O)(O)O)OC(=O)CCCCCCCCCCC(C)CC. The number of allylic oxidation sites excluding steroid dienone is 8. The molecule has 0 saturated carbocycles. The molecule has 4 unspecified atom stereocenters. The van der Waals surface area contributed by atoms with Gasteiger partial charge in [0, 0.05) is 12.8 Å². The quantitative estimate of drug-likeness (QED) is 0.0150. The van der Waals surface area contributed by atoms with Gasteiger partial charge in [0.05, 0.1) is 32.0 Å². The summed E-state index contributed by atoms with van der Waals surface area (Å²) < 4.78 is 53.3. The van der Waals surface area contributed by atoms with Crippen LogP contribution in [-0.2, 0) is 46.5 Å². The van der Waals surface area contributed by atoms with Gasteiger partial charge in [0.15, 0.2) is 6.10 Å². The van der Waals surface area contributed by atoms with E-state index in [9.17, 15) is 28.7 Å². The van der Waals surface area contributed by atoms with E-state index < -0.39 is 66.2 Å². The predicted molar refractivity (Wildman–Crippen MR) is 229 cm³/mol. The highest BCUT2D eigenvalue weighted by molar-refractivity contribution is 7.47. The number of phosphoric acid groups is 2. The number of hydrogen-bond donors (Lipinski definition) is 4. The highest BCUT2D eigenvalue weighted by Crippen LogP contribution is 2.44. The van der Waals surface area contributed by atoms with Crippen molar-refractivity contribution in [1.29, 1.82) is 0 Å². The number of hydrogen-bond acceptors (Lipinski definition) is 11. The molecule has 1 rings (SSSR count). The third-order valence-electron chi connectivity index (χ3n) is 9.37. The van der Waals surface area contributed by atoms with E-state index in [-0.39, 0.29) is 12.8 Å². The Hall–Kier alpha value is -2.22. The van der Waals surface area contributed by atoms with Crippen molar-refractivity contribution in [2.45, 2.75) is 167 Å². The summed E-state index contributed by atoms with van der Waals surface area (Å²) in [5.74, 6) is -0.358. The van der Waals surface area contributed by atoms with Crippen LogP contribution in [-0.4, -0.2) is 82.6 Å². The molecule has 0 aliphatic carbocycles.